The Bertz CT molecular complexity index is 247. The van der Waals surface area contributed by atoms with Gasteiger partial charge in [-0.3, -0.25) is 9.69 Å². The van der Waals surface area contributed by atoms with Crippen molar-refractivity contribution < 1.29 is 4.79 Å². The maximum Gasteiger partial charge on any atom is 0.237 e. The molecule has 1 rings (SSSR count). The highest BCUT2D eigenvalue weighted by Crippen LogP contribution is 2.18. The first-order valence-electron chi connectivity index (χ1n) is 7.29. The summed E-state index contributed by atoms with van der Waals surface area (Å²) < 4.78 is 0. The van der Waals surface area contributed by atoms with Gasteiger partial charge in [-0.25, -0.2) is 0 Å². The number of carbonyl (C=O) groups is 1. The van der Waals surface area contributed by atoms with Crippen LogP contribution < -0.4 is 10.6 Å². The second kappa shape index (κ2) is 7.74. The molecule has 0 bridgehead atoms. The third-order valence-corrected chi connectivity index (χ3v) is 3.74. The Labute approximate surface area is 111 Å². The molecule has 2 N–H and O–H groups in total. The van der Waals surface area contributed by atoms with Crippen LogP contribution >= 0.6 is 0 Å². The minimum absolute atomic E-state index is 0.0176. The molecular weight excluding hydrogens is 226 g/mol. The van der Waals surface area contributed by atoms with Gasteiger partial charge in [-0.15, -0.1) is 0 Å². The van der Waals surface area contributed by atoms with Gasteiger partial charge in [0.15, 0.2) is 0 Å². The first kappa shape index (κ1) is 15.4. The zero-order valence-electron chi connectivity index (χ0n) is 12.3. The molecule has 0 spiro atoms. The largest absolute Gasteiger partial charge is 0.355 e. The topological polar surface area (TPSA) is 44.4 Å². The van der Waals surface area contributed by atoms with Crippen molar-refractivity contribution in [3.63, 3.8) is 0 Å². The highest BCUT2D eigenvalue weighted by atomic mass is 16.2. The van der Waals surface area contributed by atoms with Crippen molar-refractivity contribution in [1.29, 1.82) is 0 Å². The maximum atomic E-state index is 11.8. The third kappa shape index (κ3) is 4.94. The normalized spacial score (nSPS) is 20.1. The fraction of sp³-hybridized carbons (Fsp3) is 0.929. The molecule has 1 aliphatic heterocycles. The van der Waals surface area contributed by atoms with Crippen LogP contribution in [-0.2, 0) is 4.79 Å². The molecule has 1 atom stereocenters. The summed E-state index contributed by atoms with van der Waals surface area (Å²) in [5.41, 5.74) is 0. The molecule has 106 valence electrons. The van der Waals surface area contributed by atoms with Gasteiger partial charge in [0.2, 0.25) is 5.91 Å². The monoisotopic (exact) mass is 255 g/mol. The van der Waals surface area contributed by atoms with E-state index in [2.05, 4.69) is 29.4 Å². The Morgan fingerprint density at radius 3 is 2.39 bits per heavy atom. The van der Waals surface area contributed by atoms with Crippen molar-refractivity contribution in [1.82, 2.24) is 15.5 Å². The predicted molar refractivity (Wildman–Crippen MR) is 75.6 cm³/mol. The van der Waals surface area contributed by atoms with Crippen LogP contribution in [0.4, 0.5) is 0 Å². The van der Waals surface area contributed by atoms with Crippen LogP contribution in [-0.4, -0.2) is 49.1 Å². The van der Waals surface area contributed by atoms with Gasteiger partial charge in [0.05, 0.1) is 6.04 Å². The van der Waals surface area contributed by atoms with Gasteiger partial charge in [0.25, 0.3) is 0 Å². The minimum Gasteiger partial charge on any atom is -0.355 e. The fourth-order valence-corrected chi connectivity index (χ4v) is 2.43. The molecule has 4 nitrogen and oxygen atoms in total. The number of nitrogens with zero attached hydrogens (tertiary/aromatic N) is 1. The van der Waals surface area contributed by atoms with Gasteiger partial charge in [-0.05, 0) is 52.2 Å². The average Bonchev–Trinajstić information content (AvgIpc) is 2.36. The Balaban J connectivity index is 2.28. The number of rotatable bonds is 6. The molecular formula is C14H29N3O. The van der Waals surface area contributed by atoms with Gasteiger partial charge >= 0.3 is 0 Å². The van der Waals surface area contributed by atoms with Gasteiger partial charge in [0.1, 0.15) is 0 Å². The van der Waals surface area contributed by atoms with Crippen molar-refractivity contribution in [3.05, 3.63) is 0 Å². The van der Waals surface area contributed by atoms with Crippen LogP contribution in [0.25, 0.3) is 0 Å². The smallest absolute Gasteiger partial charge is 0.237 e. The summed E-state index contributed by atoms with van der Waals surface area (Å²) in [7, 11) is 0. The summed E-state index contributed by atoms with van der Waals surface area (Å²) in [6, 6.07) is 0.584. The van der Waals surface area contributed by atoms with E-state index in [1.807, 2.05) is 13.8 Å². The summed E-state index contributed by atoms with van der Waals surface area (Å²) >= 11 is 0. The van der Waals surface area contributed by atoms with Gasteiger partial charge in [0, 0.05) is 12.6 Å². The molecule has 4 heteroatoms. The third-order valence-electron chi connectivity index (χ3n) is 3.74. The van der Waals surface area contributed by atoms with Gasteiger partial charge < -0.3 is 10.6 Å². The molecule has 0 radical (unpaired) electrons. The van der Waals surface area contributed by atoms with Crippen LogP contribution in [0.3, 0.4) is 0 Å². The lowest BCUT2D eigenvalue weighted by atomic mass is 9.95. The van der Waals surface area contributed by atoms with E-state index in [9.17, 15) is 4.79 Å². The average molecular weight is 255 g/mol. The molecule has 1 heterocycles. The highest BCUT2D eigenvalue weighted by Gasteiger charge is 2.26. The summed E-state index contributed by atoms with van der Waals surface area (Å²) in [4.78, 5) is 14.1. The lowest BCUT2D eigenvalue weighted by Gasteiger charge is -2.35. The van der Waals surface area contributed by atoms with E-state index in [1.54, 1.807) is 0 Å². The quantitative estimate of drug-likeness (QED) is 0.750. The predicted octanol–water partition coefficient (Wildman–Crippen LogP) is 1.22. The lowest BCUT2D eigenvalue weighted by molar-refractivity contribution is -0.126. The number of likely N-dealkylation sites (N-methyl/N-ethyl adjacent to an activating group) is 1. The Morgan fingerprint density at radius 1 is 1.28 bits per heavy atom. The molecule has 1 fully saturated rings. The molecule has 1 aliphatic rings. The lowest BCUT2D eigenvalue weighted by Crippen LogP contribution is -2.49. The van der Waals surface area contributed by atoms with E-state index in [-0.39, 0.29) is 11.9 Å². The summed E-state index contributed by atoms with van der Waals surface area (Å²) in [5, 5.41) is 6.41. The van der Waals surface area contributed by atoms with Gasteiger partial charge in [-0.1, -0.05) is 13.8 Å². The van der Waals surface area contributed by atoms with Crippen LogP contribution in [0, 0.1) is 5.92 Å². The molecule has 0 saturated carbocycles. The van der Waals surface area contributed by atoms with Crippen LogP contribution in [0.5, 0.6) is 0 Å². The van der Waals surface area contributed by atoms with E-state index in [4.69, 9.17) is 0 Å². The number of nitrogens with one attached hydrogen (secondary N) is 2. The summed E-state index contributed by atoms with van der Waals surface area (Å²) in [6.45, 7) is 12.3. The van der Waals surface area contributed by atoms with E-state index >= 15 is 0 Å². The Morgan fingerprint density at radius 2 is 1.89 bits per heavy atom. The first-order valence-corrected chi connectivity index (χ1v) is 7.29. The number of hydrogen-bond donors (Lipinski definition) is 2. The van der Waals surface area contributed by atoms with Crippen molar-refractivity contribution in [2.45, 2.75) is 52.6 Å². The summed E-state index contributed by atoms with van der Waals surface area (Å²) in [5.74, 6) is 0.932. The molecule has 0 aromatic rings. The minimum atomic E-state index is 0.0176. The molecule has 0 aromatic heterocycles. The van der Waals surface area contributed by atoms with Gasteiger partial charge in [-0.2, -0.15) is 0 Å². The SMILES string of the molecule is CCNC(=O)C(C)N1CCC(CNC(C)C)CC1. The molecule has 1 unspecified atom stereocenters. The number of likely N-dealkylation sites (tertiary alicyclic amines) is 1. The maximum absolute atomic E-state index is 11.8. The number of carbonyl (C=O) groups excluding carboxylic acids is 1. The molecule has 1 saturated heterocycles. The number of hydrogen-bond acceptors (Lipinski definition) is 3. The Hall–Kier alpha value is -0.610. The van der Waals surface area contributed by atoms with Crippen molar-refractivity contribution in [2.24, 2.45) is 5.92 Å². The van der Waals surface area contributed by atoms with Crippen molar-refractivity contribution in [3.8, 4) is 0 Å². The summed E-state index contributed by atoms with van der Waals surface area (Å²) in [6.07, 6.45) is 2.40. The van der Waals surface area contributed by atoms with Crippen molar-refractivity contribution in [2.75, 3.05) is 26.2 Å². The van der Waals surface area contributed by atoms with Crippen LogP contribution in [0.2, 0.25) is 0 Å². The molecule has 0 aromatic carbocycles. The van der Waals surface area contributed by atoms with Crippen LogP contribution in [0.15, 0.2) is 0 Å². The van der Waals surface area contributed by atoms with E-state index in [0.29, 0.717) is 6.04 Å². The first-order chi connectivity index (χ1) is 8.54. The van der Waals surface area contributed by atoms with E-state index in [0.717, 1.165) is 32.1 Å². The van der Waals surface area contributed by atoms with E-state index in [1.165, 1.54) is 12.8 Å². The fourth-order valence-electron chi connectivity index (χ4n) is 2.43. The zero-order valence-corrected chi connectivity index (χ0v) is 12.3. The second-order valence-electron chi connectivity index (χ2n) is 5.61. The second-order valence-corrected chi connectivity index (χ2v) is 5.61. The standard InChI is InChI=1S/C14H29N3O/c1-5-15-14(18)12(4)17-8-6-13(7-9-17)10-16-11(2)3/h11-13,16H,5-10H2,1-4H3,(H,15,18). The van der Waals surface area contributed by atoms with Crippen molar-refractivity contribution >= 4 is 5.91 Å². The number of piperidine rings is 1. The van der Waals surface area contributed by atoms with E-state index < -0.39 is 0 Å². The number of amides is 1. The Kier molecular flexibility index (Phi) is 6.65. The van der Waals surface area contributed by atoms with Crippen LogP contribution in [0.1, 0.15) is 40.5 Å². The highest BCUT2D eigenvalue weighted by molar-refractivity contribution is 5.81. The zero-order chi connectivity index (χ0) is 13.5. The molecule has 18 heavy (non-hydrogen) atoms. The molecule has 0 aliphatic carbocycles. The molecule has 1 amide bonds.